The lowest BCUT2D eigenvalue weighted by Gasteiger charge is -2.10. The Kier molecular flexibility index (Phi) is 7.09. The zero-order valence-electron chi connectivity index (χ0n) is 15.3. The predicted octanol–water partition coefficient (Wildman–Crippen LogP) is 4.51. The molecule has 138 valence electrons. The molecule has 0 aliphatic heterocycles. The molecule has 0 unspecified atom stereocenters. The fraction of sp³-hybridized carbons (Fsp3) is 0.286. The van der Waals surface area contributed by atoms with E-state index in [9.17, 15) is 9.90 Å². The number of methoxy groups -OCH3 is 2. The maximum absolute atomic E-state index is 11.7. The molecule has 2 aromatic rings. The molecule has 0 aromatic heterocycles. The van der Waals surface area contributed by atoms with Gasteiger partial charge < -0.3 is 19.3 Å². The molecule has 0 spiro atoms. The lowest BCUT2D eigenvalue weighted by molar-refractivity contribution is -0.130. The average molecular weight is 356 g/mol. The van der Waals surface area contributed by atoms with Gasteiger partial charge in [-0.05, 0) is 47.9 Å². The molecule has 0 atom stereocenters. The van der Waals surface area contributed by atoms with Crippen molar-refractivity contribution in [3.63, 3.8) is 0 Å². The number of aliphatic carboxylic acids is 1. The summed E-state index contributed by atoms with van der Waals surface area (Å²) < 4.78 is 16.1. The first-order chi connectivity index (χ1) is 12.6. The van der Waals surface area contributed by atoms with Crippen molar-refractivity contribution in [2.75, 3.05) is 20.8 Å². The monoisotopic (exact) mass is 356 g/mol. The number of rotatable bonds is 9. The molecular formula is C21H24O5. The van der Waals surface area contributed by atoms with Gasteiger partial charge in [0.1, 0.15) is 5.75 Å². The van der Waals surface area contributed by atoms with Gasteiger partial charge in [0.15, 0.2) is 11.5 Å². The molecule has 0 aliphatic carbocycles. The predicted molar refractivity (Wildman–Crippen MR) is 102 cm³/mol. The van der Waals surface area contributed by atoms with E-state index in [1.807, 2.05) is 24.3 Å². The molecule has 0 aliphatic rings. The Bertz CT molecular complexity index is 762. The van der Waals surface area contributed by atoms with Gasteiger partial charge in [0.2, 0.25) is 0 Å². The molecule has 0 amide bonds. The smallest absolute Gasteiger partial charge is 0.336 e. The molecule has 0 radical (unpaired) electrons. The van der Waals surface area contributed by atoms with E-state index in [4.69, 9.17) is 14.2 Å². The van der Waals surface area contributed by atoms with E-state index in [1.165, 1.54) is 14.2 Å². The zero-order valence-corrected chi connectivity index (χ0v) is 15.3. The van der Waals surface area contributed by atoms with E-state index in [0.717, 1.165) is 24.2 Å². The third kappa shape index (κ3) is 5.02. The maximum atomic E-state index is 11.7. The van der Waals surface area contributed by atoms with Gasteiger partial charge in [-0.3, -0.25) is 0 Å². The van der Waals surface area contributed by atoms with E-state index in [0.29, 0.717) is 23.7 Å². The largest absolute Gasteiger partial charge is 0.494 e. The van der Waals surface area contributed by atoms with Crippen molar-refractivity contribution in [3.05, 3.63) is 53.6 Å². The van der Waals surface area contributed by atoms with Gasteiger partial charge in [-0.1, -0.05) is 31.5 Å². The normalized spacial score (nSPS) is 11.1. The molecule has 0 fully saturated rings. The summed E-state index contributed by atoms with van der Waals surface area (Å²) in [5.41, 5.74) is 1.49. The molecule has 0 bridgehead atoms. The molecule has 26 heavy (non-hydrogen) atoms. The van der Waals surface area contributed by atoms with Crippen LogP contribution >= 0.6 is 0 Å². The van der Waals surface area contributed by atoms with Gasteiger partial charge >= 0.3 is 5.97 Å². The highest BCUT2D eigenvalue weighted by atomic mass is 16.5. The van der Waals surface area contributed by atoms with Crippen LogP contribution in [0, 0.1) is 0 Å². The van der Waals surface area contributed by atoms with Gasteiger partial charge in [0.05, 0.1) is 26.4 Å². The van der Waals surface area contributed by atoms with Crippen molar-refractivity contribution in [1.82, 2.24) is 0 Å². The Balaban J connectivity index is 2.28. The summed E-state index contributed by atoms with van der Waals surface area (Å²) in [5, 5.41) is 9.61. The molecular weight excluding hydrogens is 332 g/mol. The Hall–Kier alpha value is -2.95. The Morgan fingerprint density at radius 1 is 1.04 bits per heavy atom. The lowest BCUT2D eigenvalue weighted by atomic mass is 10.0. The van der Waals surface area contributed by atoms with Crippen LogP contribution in [0.1, 0.15) is 30.9 Å². The van der Waals surface area contributed by atoms with Crippen LogP contribution in [0.15, 0.2) is 42.5 Å². The highest BCUT2D eigenvalue weighted by molar-refractivity contribution is 6.20. The average Bonchev–Trinajstić information content (AvgIpc) is 2.66. The topological polar surface area (TPSA) is 65.0 Å². The van der Waals surface area contributed by atoms with Crippen LogP contribution in [0.25, 0.3) is 11.6 Å². The van der Waals surface area contributed by atoms with E-state index >= 15 is 0 Å². The number of ether oxygens (including phenoxy) is 3. The minimum Gasteiger partial charge on any atom is -0.494 e. The minimum absolute atomic E-state index is 0.172. The minimum atomic E-state index is -1.01. The van der Waals surface area contributed by atoms with Crippen LogP contribution in [-0.4, -0.2) is 31.9 Å². The molecule has 0 saturated heterocycles. The number of hydrogen-bond donors (Lipinski definition) is 1. The number of benzene rings is 2. The number of carboxylic acids is 1. The number of carboxylic acid groups (broad SMARTS) is 1. The van der Waals surface area contributed by atoms with Crippen molar-refractivity contribution in [1.29, 1.82) is 0 Å². The van der Waals surface area contributed by atoms with E-state index in [-0.39, 0.29) is 5.57 Å². The molecule has 0 saturated carbocycles. The van der Waals surface area contributed by atoms with Crippen molar-refractivity contribution in [2.24, 2.45) is 0 Å². The summed E-state index contributed by atoms with van der Waals surface area (Å²) in [6.45, 7) is 2.79. The first-order valence-electron chi connectivity index (χ1n) is 8.49. The van der Waals surface area contributed by atoms with Crippen molar-refractivity contribution >= 4 is 17.6 Å². The Morgan fingerprint density at radius 3 is 2.31 bits per heavy atom. The second kappa shape index (κ2) is 9.51. The van der Waals surface area contributed by atoms with Gasteiger partial charge in [-0.25, -0.2) is 4.79 Å². The number of unbranched alkanes of at least 4 members (excludes halogenated alkanes) is 1. The van der Waals surface area contributed by atoms with E-state index < -0.39 is 5.97 Å². The van der Waals surface area contributed by atoms with Gasteiger partial charge in [-0.2, -0.15) is 0 Å². The molecule has 5 nitrogen and oxygen atoms in total. The highest BCUT2D eigenvalue weighted by Gasteiger charge is 2.14. The first-order valence-corrected chi connectivity index (χ1v) is 8.49. The van der Waals surface area contributed by atoms with E-state index in [1.54, 1.807) is 24.3 Å². The molecule has 2 aromatic carbocycles. The third-order valence-electron chi connectivity index (χ3n) is 3.88. The Morgan fingerprint density at radius 2 is 1.73 bits per heavy atom. The quantitative estimate of drug-likeness (QED) is 0.407. The van der Waals surface area contributed by atoms with Crippen molar-refractivity contribution < 1.29 is 24.1 Å². The van der Waals surface area contributed by atoms with Gasteiger partial charge in [0, 0.05) is 0 Å². The second-order valence-electron chi connectivity index (χ2n) is 5.70. The number of hydrogen-bond acceptors (Lipinski definition) is 4. The van der Waals surface area contributed by atoms with Crippen LogP contribution in [0.3, 0.4) is 0 Å². The fourth-order valence-electron chi connectivity index (χ4n) is 2.43. The van der Waals surface area contributed by atoms with Gasteiger partial charge in [0.25, 0.3) is 0 Å². The maximum Gasteiger partial charge on any atom is 0.336 e. The van der Waals surface area contributed by atoms with Crippen molar-refractivity contribution in [2.45, 2.75) is 19.8 Å². The van der Waals surface area contributed by atoms with Crippen molar-refractivity contribution in [3.8, 4) is 17.2 Å². The standard InChI is InChI=1S/C21H24O5/c1-4-5-12-26-17-9-6-15(7-10-17)13-18(21(22)23)16-8-11-19(24-2)20(14-16)25-3/h6-11,13-14H,4-5,12H2,1-3H3,(H,22,23)/b18-13-. The van der Waals surface area contributed by atoms with Gasteiger partial charge in [-0.15, -0.1) is 0 Å². The van der Waals surface area contributed by atoms with Crippen LogP contribution in [0.4, 0.5) is 0 Å². The zero-order chi connectivity index (χ0) is 18.9. The summed E-state index contributed by atoms with van der Waals surface area (Å²) >= 11 is 0. The fourth-order valence-corrected chi connectivity index (χ4v) is 2.43. The van der Waals surface area contributed by atoms with E-state index in [2.05, 4.69) is 6.92 Å². The summed E-state index contributed by atoms with van der Waals surface area (Å²) in [6.07, 6.45) is 3.71. The lowest BCUT2D eigenvalue weighted by Crippen LogP contribution is -2.01. The second-order valence-corrected chi connectivity index (χ2v) is 5.70. The molecule has 2 rings (SSSR count). The van der Waals surface area contributed by atoms with Crippen LogP contribution in [-0.2, 0) is 4.79 Å². The molecule has 1 N–H and O–H groups in total. The Labute approximate surface area is 153 Å². The third-order valence-corrected chi connectivity index (χ3v) is 3.88. The van der Waals surface area contributed by atoms with Crippen LogP contribution < -0.4 is 14.2 Å². The number of carbonyl (C=O) groups is 1. The molecule has 5 heteroatoms. The summed E-state index contributed by atoms with van der Waals surface area (Å²) in [5.74, 6) is 0.797. The highest BCUT2D eigenvalue weighted by Crippen LogP contribution is 2.31. The SMILES string of the molecule is CCCCOc1ccc(/C=C(\C(=O)O)c2ccc(OC)c(OC)c2)cc1. The molecule has 0 heterocycles. The first kappa shape index (κ1) is 19.4. The van der Waals surface area contributed by atoms with Crippen LogP contribution in [0.5, 0.6) is 17.2 Å². The summed E-state index contributed by atoms with van der Waals surface area (Å²) in [4.78, 5) is 11.7. The summed E-state index contributed by atoms with van der Waals surface area (Å²) in [7, 11) is 3.05. The summed E-state index contributed by atoms with van der Waals surface area (Å²) in [6, 6.07) is 12.4. The van der Waals surface area contributed by atoms with Crippen LogP contribution in [0.2, 0.25) is 0 Å².